The molecule has 0 aliphatic heterocycles. The van der Waals surface area contributed by atoms with Gasteiger partial charge in [0.1, 0.15) is 6.10 Å². The molecule has 2 atom stereocenters. The van der Waals surface area contributed by atoms with E-state index in [1.165, 1.54) is 0 Å². The molecule has 0 spiro atoms. The van der Waals surface area contributed by atoms with Gasteiger partial charge in [-0.1, -0.05) is 30.7 Å². The van der Waals surface area contributed by atoms with Crippen LogP contribution in [0, 0.1) is 0 Å². The molecule has 76 valence electrons. The zero-order valence-corrected chi connectivity index (χ0v) is 9.04. The molecule has 0 saturated heterocycles. The molecular formula is C10H17ClO2. The summed E-state index contributed by atoms with van der Waals surface area (Å²) in [6, 6.07) is 0. The molecule has 2 unspecified atom stereocenters. The van der Waals surface area contributed by atoms with E-state index in [9.17, 15) is 10.2 Å². The first-order chi connectivity index (χ1) is 6.04. The quantitative estimate of drug-likeness (QED) is 0.690. The maximum absolute atomic E-state index is 9.64. The fourth-order valence-corrected chi connectivity index (χ4v) is 1.20. The van der Waals surface area contributed by atoms with Crippen LogP contribution in [0.15, 0.2) is 22.8 Å². The lowest BCUT2D eigenvalue weighted by atomic mass is 10.0. The molecule has 0 aromatic heterocycles. The molecule has 0 radical (unpaired) electrons. The summed E-state index contributed by atoms with van der Waals surface area (Å²) >= 11 is 5.78. The minimum atomic E-state index is -0.890. The maximum atomic E-state index is 9.64. The highest BCUT2D eigenvalue weighted by molar-refractivity contribution is 6.29. The lowest BCUT2D eigenvalue weighted by molar-refractivity contribution is 0.0415. The summed E-state index contributed by atoms with van der Waals surface area (Å²) in [4.78, 5) is 0. The molecule has 0 bridgehead atoms. The van der Waals surface area contributed by atoms with Crippen molar-refractivity contribution in [3.8, 4) is 0 Å². The maximum Gasteiger partial charge on any atom is 0.106 e. The number of rotatable bonds is 4. The highest BCUT2D eigenvalue weighted by Crippen LogP contribution is 2.18. The summed E-state index contributed by atoms with van der Waals surface area (Å²) in [5, 5.41) is 19.5. The predicted octanol–water partition coefficient (Wildman–Crippen LogP) is 2.21. The van der Waals surface area contributed by atoms with Crippen LogP contribution in [0.5, 0.6) is 0 Å². The van der Waals surface area contributed by atoms with Gasteiger partial charge in [-0.3, -0.25) is 0 Å². The van der Waals surface area contributed by atoms with Crippen molar-refractivity contribution in [3.05, 3.63) is 22.8 Å². The van der Waals surface area contributed by atoms with Crippen LogP contribution < -0.4 is 0 Å². The Labute approximate surface area is 84.5 Å². The molecule has 2 N–H and O–H groups in total. The summed E-state index contributed by atoms with van der Waals surface area (Å²) in [5.41, 5.74) is 0.582. The van der Waals surface area contributed by atoms with Crippen LogP contribution in [0.1, 0.15) is 27.2 Å². The van der Waals surface area contributed by atoms with Gasteiger partial charge in [-0.15, -0.1) is 0 Å². The van der Waals surface area contributed by atoms with E-state index in [2.05, 4.69) is 0 Å². The third-order valence-corrected chi connectivity index (χ3v) is 2.06. The van der Waals surface area contributed by atoms with Gasteiger partial charge in [-0.2, -0.15) is 0 Å². The number of allylic oxidation sites excluding steroid dienone is 2. The Bertz CT molecular complexity index is 205. The normalized spacial score (nSPS) is 18.6. The van der Waals surface area contributed by atoms with E-state index < -0.39 is 12.2 Å². The Balaban J connectivity index is 4.67. The molecule has 0 aromatic carbocycles. The Kier molecular flexibility index (Phi) is 6.04. The molecule has 0 aliphatic rings. The molecule has 13 heavy (non-hydrogen) atoms. The van der Waals surface area contributed by atoms with E-state index in [1.807, 2.05) is 13.8 Å². The van der Waals surface area contributed by atoms with Crippen LogP contribution in [0.2, 0.25) is 0 Å². The molecule has 3 heteroatoms. The van der Waals surface area contributed by atoms with Crippen molar-refractivity contribution < 1.29 is 10.2 Å². The third kappa shape index (κ3) is 3.94. The molecule has 0 amide bonds. The highest BCUT2D eigenvalue weighted by atomic mass is 35.5. The minimum absolute atomic E-state index is 0.506. The molecule has 2 nitrogen and oxygen atoms in total. The summed E-state index contributed by atoms with van der Waals surface area (Å²) in [6.45, 7) is 5.35. The zero-order valence-electron chi connectivity index (χ0n) is 8.29. The van der Waals surface area contributed by atoms with E-state index in [0.717, 1.165) is 0 Å². The lowest BCUT2D eigenvalue weighted by Gasteiger charge is -2.18. The largest absolute Gasteiger partial charge is 0.390 e. The van der Waals surface area contributed by atoms with Crippen molar-refractivity contribution in [3.63, 3.8) is 0 Å². The molecular weight excluding hydrogens is 188 g/mol. The first-order valence-corrected chi connectivity index (χ1v) is 4.77. The van der Waals surface area contributed by atoms with Crippen molar-refractivity contribution in [2.75, 3.05) is 0 Å². The first kappa shape index (κ1) is 12.7. The van der Waals surface area contributed by atoms with Crippen molar-refractivity contribution >= 4 is 11.6 Å². The van der Waals surface area contributed by atoms with Gasteiger partial charge in [0.25, 0.3) is 0 Å². The fraction of sp³-hybridized carbons (Fsp3) is 0.600. The van der Waals surface area contributed by atoms with Gasteiger partial charge in [0.05, 0.1) is 6.10 Å². The van der Waals surface area contributed by atoms with Crippen LogP contribution >= 0.6 is 11.6 Å². The Morgan fingerprint density at radius 2 is 2.00 bits per heavy atom. The number of aliphatic hydroxyl groups is 2. The summed E-state index contributed by atoms with van der Waals surface area (Å²) < 4.78 is 0. The van der Waals surface area contributed by atoms with E-state index in [0.29, 0.717) is 17.0 Å². The van der Waals surface area contributed by atoms with Crippen molar-refractivity contribution in [2.24, 2.45) is 0 Å². The molecule has 0 heterocycles. The number of aliphatic hydroxyl groups excluding tert-OH is 2. The standard InChI is InChI=1S/C10H17ClO2/c1-4-6-8(7(3)11)10(13)9(12)5-2/h4,6,9-10,12-13H,5H2,1-3H3. The minimum Gasteiger partial charge on any atom is -0.390 e. The van der Waals surface area contributed by atoms with Crippen molar-refractivity contribution in [1.29, 1.82) is 0 Å². The van der Waals surface area contributed by atoms with Crippen LogP contribution in [-0.2, 0) is 0 Å². The highest BCUT2D eigenvalue weighted by Gasteiger charge is 2.18. The first-order valence-electron chi connectivity index (χ1n) is 4.39. The van der Waals surface area contributed by atoms with Gasteiger partial charge >= 0.3 is 0 Å². The molecule has 0 fully saturated rings. The van der Waals surface area contributed by atoms with Gasteiger partial charge in [-0.25, -0.2) is 0 Å². The lowest BCUT2D eigenvalue weighted by Crippen LogP contribution is -2.26. The predicted molar refractivity (Wildman–Crippen MR) is 55.7 cm³/mol. The van der Waals surface area contributed by atoms with E-state index in [-0.39, 0.29) is 0 Å². The number of halogens is 1. The monoisotopic (exact) mass is 204 g/mol. The van der Waals surface area contributed by atoms with Crippen LogP contribution in [-0.4, -0.2) is 22.4 Å². The number of hydrogen-bond acceptors (Lipinski definition) is 2. The van der Waals surface area contributed by atoms with E-state index in [1.54, 1.807) is 19.1 Å². The Morgan fingerprint density at radius 1 is 1.46 bits per heavy atom. The van der Waals surface area contributed by atoms with Gasteiger partial charge in [0, 0.05) is 5.03 Å². The molecule has 0 rings (SSSR count). The van der Waals surface area contributed by atoms with Crippen molar-refractivity contribution in [1.82, 2.24) is 0 Å². The third-order valence-electron chi connectivity index (χ3n) is 1.85. The second kappa shape index (κ2) is 6.19. The van der Waals surface area contributed by atoms with Gasteiger partial charge < -0.3 is 10.2 Å². The second-order valence-electron chi connectivity index (χ2n) is 2.91. The van der Waals surface area contributed by atoms with Crippen LogP contribution in [0.3, 0.4) is 0 Å². The van der Waals surface area contributed by atoms with E-state index >= 15 is 0 Å². The fourth-order valence-electron chi connectivity index (χ4n) is 1.03. The topological polar surface area (TPSA) is 40.5 Å². The van der Waals surface area contributed by atoms with Crippen LogP contribution in [0.25, 0.3) is 0 Å². The SMILES string of the molecule is CC=CC(=C(C)Cl)C(O)C(O)CC. The van der Waals surface area contributed by atoms with Gasteiger partial charge in [0.2, 0.25) is 0 Å². The van der Waals surface area contributed by atoms with Gasteiger partial charge in [0.15, 0.2) is 0 Å². The molecule has 0 saturated carbocycles. The zero-order chi connectivity index (χ0) is 10.4. The summed E-state index contributed by atoms with van der Waals surface area (Å²) in [6.07, 6.45) is 2.36. The average molecular weight is 205 g/mol. The smallest absolute Gasteiger partial charge is 0.106 e. The summed E-state index contributed by atoms with van der Waals surface area (Å²) in [7, 11) is 0. The Morgan fingerprint density at radius 3 is 2.31 bits per heavy atom. The Hall–Kier alpha value is -0.310. The molecule has 0 aromatic rings. The van der Waals surface area contributed by atoms with E-state index in [4.69, 9.17) is 11.6 Å². The van der Waals surface area contributed by atoms with Gasteiger partial charge in [-0.05, 0) is 25.8 Å². The molecule has 0 aliphatic carbocycles. The average Bonchev–Trinajstić information content (AvgIpc) is 2.11. The van der Waals surface area contributed by atoms with Crippen molar-refractivity contribution in [2.45, 2.75) is 39.4 Å². The summed E-state index contributed by atoms with van der Waals surface area (Å²) in [5.74, 6) is 0. The second-order valence-corrected chi connectivity index (χ2v) is 3.48. The number of hydrogen-bond donors (Lipinski definition) is 2. The van der Waals surface area contributed by atoms with Crippen LogP contribution in [0.4, 0.5) is 0 Å².